The molecule has 1 aromatic rings. The maximum atomic E-state index is 12.7. The van der Waals surface area contributed by atoms with Crippen LogP contribution in [0, 0.1) is 5.92 Å². The highest BCUT2D eigenvalue weighted by Crippen LogP contribution is 2.29. The molecule has 1 heterocycles. The van der Waals surface area contributed by atoms with Crippen LogP contribution in [0.3, 0.4) is 0 Å². The monoisotopic (exact) mass is 402 g/mol. The van der Waals surface area contributed by atoms with Crippen molar-refractivity contribution in [3.8, 4) is 0 Å². The molecular formula is C17H24BrClN2O2. The van der Waals surface area contributed by atoms with Crippen molar-refractivity contribution >= 4 is 34.2 Å². The summed E-state index contributed by atoms with van der Waals surface area (Å²) in [7, 11) is 0. The second-order valence-corrected chi connectivity index (χ2v) is 7.24. The number of hydrogen-bond donors (Lipinski definition) is 1. The highest BCUT2D eigenvalue weighted by molar-refractivity contribution is 9.10. The zero-order valence-electron chi connectivity index (χ0n) is 13.1. The Labute approximate surface area is 152 Å². The van der Waals surface area contributed by atoms with Gasteiger partial charge in [-0.15, -0.1) is 12.4 Å². The quantitative estimate of drug-likeness (QED) is 0.824. The van der Waals surface area contributed by atoms with Gasteiger partial charge in [0.15, 0.2) is 0 Å². The highest BCUT2D eigenvalue weighted by atomic mass is 79.9. The molecule has 0 bridgehead atoms. The highest BCUT2D eigenvalue weighted by Gasteiger charge is 2.32. The van der Waals surface area contributed by atoms with Gasteiger partial charge in [0.25, 0.3) is 0 Å². The molecule has 23 heavy (non-hydrogen) atoms. The number of nitrogens with zero attached hydrogens (tertiary/aromatic N) is 1. The lowest BCUT2D eigenvalue weighted by atomic mass is 9.85. The van der Waals surface area contributed by atoms with Gasteiger partial charge in [0.05, 0.1) is 13.2 Å². The van der Waals surface area contributed by atoms with E-state index in [1.807, 2.05) is 17.0 Å². The Morgan fingerprint density at radius 2 is 2.17 bits per heavy atom. The molecule has 2 fully saturated rings. The summed E-state index contributed by atoms with van der Waals surface area (Å²) in [6.45, 7) is 1.93. The zero-order chi connectivity index (χ0) is 15.5. The molecule has 1 saturated carbocycles. The van der Waals surface area contributed by atoms with Gasteiger partial charge >= 0.3 is 0 Å². The molecule has 3 unspecified atom stereocenters. The van der Waals surface area contributed by atoms with Gasteiger partial charge in [0.1, 0.15) is 6.10 Å². The summed E-state index contributed by atoms with van der Waals surface area (Å²) in [6.07, 6.45) is 3.89. The fourth-order valence-electron chi connectivity index (χ4n) is 3.47. The van der Waals surface area contributed by atoms with Gasteiger partial charge in [-0.1, -0.05) is 34.5 Å². The Bertz CT molecular complexity index is 543. The van der Waals surface area contributed by atoms with Gasteiger partial charge in [0, 0.05) is 23.0 Å². The summed E-state index contributed by atoms with van der Waals surface area (Å²) in [5, 5.41) is 0. The van der Waals surface area contributed by atoms with Crippen molar-refractivity contribution in [2.24, 2.45) is 11.7 Å². The number of rotatable bonds is 2. The largest absolute Gasteiger partial charge is 0.370 e. The van der Waals surface area contributed by atoms with Crippen molar-refractivity contribution in [3.05, 3.63) is 34.3 Å². The molecule has 1 aliphatic carbocycles. The first kappa shape index (κ1) is 18.7. The van der Waals surface area contributed by atoms with Crippen LogP contribution in [0.25, 0.3) is 0 Å². The number of nitrogens with two attached hydrogens (primary N) is 1. The Balaban J connectivity index is 0.00000192. The summed E-state index contributed by atoms with van der Waals surface area (Å²) in [6, 6.07) is 8.31. The minimum absolute atomic E-state index is 0. The Morgan fingerprint density at radius 1 is 1.35 bits per heavy atom. The molecule has 1 aliphatic heterocycles. The van der Waals surface area contributed by atoms with Gasteiger partial charge in [0.2, 0.25) is 5.91 Å². The number of halogens is 2. The molecular weight excluding hydrogens is 380 g/mol. The smallest absolute Gasteiger partial charge is 0.225 e. The second-order valence-electron chi connectivity index (χ2n) is 6.32. The summed E-state index contributed by atoms with van der Waals surface area (Å²) < 4.78 is 6.91. The van der Waals surface area contributed by atoms with E-state index in [-0.39, 0.29) is 36.4 Å². The van der Waals surface area contributed by atoms with Crippen LogP contribution in [0.15, 0.2) is 28.7 Å². The Morgan fingerprint density at radius 3 is 2.91 bits per heavy atom. The lowest BCUT2D eigenvalue weighted by Gasteiger charge is -2.37. The molecule has 128 valence electrons. The van der Waals surface area contributed by atoms with Crippen molar-refractivity contribution in [2.45, 2.75) is 37.8 Å². The Kier molecular flexibility index (Phi) is 6.89. The molecule has 0 aromatic heterocycles. The minimum atomic E-state index is -0.0348. The van der Waals surface area contributed by atoms with Crippen LogP contribution < -0.4 is 5.73 Å². The van der Waals surface area contributed by atoms with E-state index in [2.05, 4.69) is 28.1 Å². The van der Waals surface area contributed by atoms with Crippen LogP contribution in [0.4, 0.5) is 0 Å². The average molecular weight is 404 g/mol. The lowest BCUT2D eigenvalue weighted by molar-refractivity contribution is -0.144. The maximum Gasteiger partial charge on any atom is 0.225 e. The number of benzene rings is 1. The molecule has 6 heteroatoms. The molecule has 2 N–H and O–H groups in total. The first-order valence-electron chi connectivity index (χ1n) is 8.05. The summed E-state index contributed by atoms with van der Waals surface area (Å²) in [4.78, 5) is 14.7. The van der Waals surface area contributed by atoms with Crippen molar-refractivity contribution in [1.82, 2.24) is 4.90 Å². The average Bonchev–Trinajstić information content (AvgIpc) is 2.54. The van der Waals surface area contributed by atoms with E-state index < -0.39 is 0 Å². The third-order valence-electron chi connectivity index (χ3n) is 4.66. The molecule has 2 aliphatic rings. The van der Waals surface area contributed by atoms with Gasteiger partial charge < -0.3 is 15.4 Å². The fourth-order valence-corrected chi connectivity index (χ4v) is 3.89. The first-order chi connectivity index (χ1) is 10.6. The van der Waals surface area contributed by atoms with Crippen molar-refractivity contribution in [3.63, 3.8) is 0 Å². The van der Waals surface area contributed by atoms with Crippen LogP contribution in [0.1, 0.15) is 37.4 Å². The zero-order valence-corrected chi connectivity index (χ0v) is 15.5. The van der Waals surface area contributed by atoms with Gasteiger partial charge in [-0.3, -0.25) is 4.79 Å². The minimum Gasteiger partial charge on any atom is -0.370 e. The van der Waals surface area contributed by atoms with Crippen molar-refractivity contribution < 1.29 is 9.53 Å². The summed E-state index contributed by atoms with van der Waals surface area (Å²) in [5.74, 6) is 0.364. The van der Waals surface area contributed by atoms with Crippen LogP contribution in [-0.4, -0.2) is 36.5 Å². The van der Waals surface area contributed by atoms with Crippen LogP contribution >= 0.6 is 28.3 Å². The number of amides is 1. The van der Waals surface area contributed by atoms with E-state index in [1.165, 1.54) is 0 Å². The van der Waals surface area contributed by atoms with Crippen LogP contribution in [0.2, 0.25) is 0 Å². The summed E-state index contributed by atoms with van der Waals surface area (Å²) >= 11 is 3.49. The SMILES string of the molecule is Cl.NC1CCCC(C(=O)N2CCOC(c3cccc(Br)c3)C2)C1. The van der Waals surface area contributed by atoms with E-state index in [4.69, 9.17) is 10.5 Å². The predicted octanol–water partition coefficient (Wildman–Crippen LogP) is 3.29. The molecule has 1 saturated heterocycles. The molecule has 1 amide bonds. The number of carbonyl (C=O) groups excluding carboxylic acids is 1. The topological polar surface area (TPSA) is 55.6 Å². The van der Waals surface area contributed by atoms with E-state index >= 15 is 0 Å². The van der Waals surface area contributed by atoms with E-state index in [0.29, 0.717) is 19.7 Å². The standard InChI is InChI=1S/C17H23BrN2O2.ClH/c18-14-5-1-3-12(9-14)16-11-20(7-8-22-16)17(21)13-4-2-6-15(19)10-13;/h1,3,5,9,13,15-16H,2,4,6-8,10-11,19H2;1H. The van der Waals surface area contributed by atoms with Gasteiger partial charge in [-0.05, 0) is 37.0 Å². The third kappa shape index (κ3) is 4.69. The molecule has 3 rings (SSSR count). The van der Waals surface area contributed by atoms with Gasteiger partial charge in [-0.2, -0.15) is 0 Å². The van der Waals surface area contributed by atoms with Crippen LogP contribution in [-0.2, 0) is 9.53 Å². The third-order valence-corrected chi connectivity index (χ3v) is 5.16. The van der Waals surface area contributed by atoms with E-state index in [9.17, 15) is 4.79 Å². The second kappa shape index (κ2) is 8.47. The molecule has 1 aromatic carbocycles. The van der Waals surface area contributed by atoms with Crippen molar-refractivity contribution in [1.29, 1.82) is 0 Å². The van der Waals surface area contributed by atoms with Crippen molar-refractivity contribution in [2.75, 3.05) is 19.7 Å². The maximum absolute atomic E-state index is 12.7. The van der Waals surface area contributed by atoms with Gasteiger partial charge in [-0.25, -0.2) is 0 Å². The van der Waals surface area contributed by atoms with E-state index in [1.54, 1.807) is 0 Å². The Hall–Kier alpha value is -0.620. The number of morpholine rings is 1. The number of hydrogen-bond acceptors (Lipinski definition) is 3. The summed E-state index contributed by atoms with van der Waals surface area (Å²) in [5.41, 5.74) is 7.14. The number of carbonyl (C=O) groups is 1. The van der Waals surface area contributed by atoms with Crippen LogP contribution in [0.5, 0.6) is 0 Å². The molecule has 4 nitrogen and oxygen atoms in total. The molecule has 3 atom stereocenters. The fraction of sp³-hybridized carbons (Fsp3) is 0.588. The van der Waals surface area contributed by atoms with E-state index in [0.717, 1.165) is 35.7 Å². The molecule has 0 radical (unpaired) electrons. The normalized spacial score (nSPS) is 28.1. The number of ether oxygens (including phenoxy) is 1. The molecule has 0 spiro atoms. The predicted molar refractivity (Wildman–Crippen MR) is 96.6 cm³/mol. The lowest BCUT2D eigenvalue weighted by Crippen LogP contribution is -2.46. The first-order valence-corrected chi connectivity index (χ1v) is 8.84.